The van der Waals surface area contributed by atoms with Gasteiger partial charge in [0.2, 0.25) is 0 Å². The van der Waals surface area contributed by atoms with Gasteiger partial charge < -0.3 is 15.5 Å². The molecule has 0 amide bonds. The summed E-state index contributed by atoms with van der Waals surface area (Å²) in [7, 11) is 1.96. The Balaban J connectivity index is 1.57. The summed E-state index contributed by atoms with van der Waals surface area (Å²) in [6.45, 7) is 7.88. The summed E-state index contributed by atoms with van der Waals surface area (Å²) >= 11 is 0. The molecule has 0 spiro atoms. The van der Waals surface area contributed by atoms with E-state index in [-0.39, 0.29) is 0 Å². The summed E-state index contributed by atoms with van der Waals surface area (Å²) in [4.78, 5) is 11.3. The minimum atomic E-state index is 0.388. The van der Waals surface area contributed by atoms with E-state index in [1.807, 2.05) is 30.3 Å². The van der Waals surface area contributed by atoms with Crippen LogP contribution < -0.4 is 15.5 Å². The number of hydrogen-bond acceptors (Lipinski definition) is 4. The molecule has 2 N–H and O–H groups in total. The summed E-state index contributed by atoms with van der Waals surface area (Å²) in [5.41, 5.74) is 3.73. The molecule has 146 valence electrons. The first-order chi connectivity index (χ1) is 13.2. The van der Waals surface area contributed by atoms with E-state index in [0.29, 0.717) is 6.04 Å². The minimum Gasteiger partial charge on any atom is -0.367 e. The van der Waals surface area contributed by atoms with Crippen LogP contribution in [0.3, 0.4) is 0 Å². The predicted molar refractivity (Wildman–Crippen MR) is 110 cm³/mol. The second kappa shape index (κ2) is 9.39. The molecule has 3 heterocycles. The Labute approximate surface area is 161 Å². The molecule has 1 aliphatic heterocycles. The molecule has 1 atom stereocenters. The number of aromatic nitrogens is 3. The Morgan fingerprint density at radius 3 is 3.00 bits per heavy atom. The average Bonchev–Trinajstić information content (AvgIpc) is 3.10. The number of aliphatic imine (C=N–C) groups is 1. The van der Waals surface area contributed by atoms with Crippen molar-refractivity contribution >= 4 is 11.6 Å². The van der Waals surface area contributed by atoms with Crippen LogP contribution in [0.25, 0.3) is 0 Å². The van der Waals surface area contributed by atoms with Crippen molar-refractivity contribution in [1.82, 2.24) is 25.4 Å². The minimum absolute atomic E-state index is 0.388. The number of pyridine rings is 1. The summed E-state index contributed by atoms with van der Waals surface area (Å²) in [5, 5.41) is 11.3. The van der Waals surface area contributed by atoms with Gasteiger partial charge in [-0.1, -0.05) is 0 Å². The van der Waals surface area contributed by atoms with Gasteiger partial charge in [0.25, 0.3) is 0 Å². The van der Waals surface area contributed by atoms with Gasteiger partial charge in [0.1, 0.15) is 0 Å². The molecule has 1 unspecified atom stereocenters. The first-order valence-electron chi connectivity index (χ1n) is 9.83. The van der Waals surface area contributed by atoms with Crippen LogP contribution in [-0.4, -0.2) is 52.9 Å². The Kier molecular flexibility index (Phi) is 6.68. The van der Waals surface area contributed by atoms with Gasteiger partial charge >= 0.3 is 0 Å². The van der Waals surface area contributed by atoms with Gasteiger partial charge in [-0.2, -0.15) is 5.10 Å². The van der Waals surface area contributed by atoms with Gasteiger partial charge in [-0.25, -0.2) is 0 Å². The standard InChI is InChI=1S/C20H31N7/c1-4-22-20(23-10-8-17-7-9-21-12-16(17)2)25-18-6-5-11-27(14-18)19-13-24-26(3)15-19/h7,9,12-13,15,18H,4-6,8,10-11,14H2,1-3H3,(H2,22,23,25). The SMILES string of the molecule is CCNC(=NCCc1ccncc1C)NC1CCCN(c2cnn(C)c2)C1. The monoisotopic (exact) mass is 369 g/mol. The van der Waals surface area contributed by atoms with Crippen molar-refractivity contribution < 1.29 is 0 Å². The number of guanidine groups is 1. The molecule has 2 aromatic rings. The lowest BCUT2D eigenvalue weighted by Crippen LogP contribution is -2.51. The van der Waals surface area contributed by atoms with E-state index in [0.717, 1.165) is 45.0 Å². The van der Waals surface area contributed by atoms with E-state index < -0.39 is 0 Å². The molecule has 1 saturated heterocycles. The number of rotatable bonds is 6. The van der Waals surface area contributed by atoms with Crippen LogP contribution in [0.1, 0.15) is 30.9 Å². The van der Waals surface area contributed by atoms with Crippen molar-refractivity contribution in [3.8, 4) is 0 Å². The maximum absolute atomic E-state index is 4.78. The Morgan fingerprint density at radius 1 is 1.37 bits per heavy atom. The molecule has 1 fully saturated rings. The maximum atomic E-state index is 4.78. The van der Waals surface area contributed by atoms with Crippen LogP contribution in [0, 0.1) is 6.92 Å². The van der Waals surface area contributed by atoms with E-state index in [4.69, 9.17) is 4.99 Å². The summed E-state index contributed by atoms with van der Waals surface area (Å²) in [6.07, 6.45) is 11.0. The average molecular weight is 370 g/mol. The van der Waals surface area contributed by atoms with Gasteiger partial charge in [-0.05, 0) is 50.3 Å². The molecule has 0 radical (unpaired) electrons. The van der Waals surface area contributed by atoms with E-state index in [1.165, 1.54) is 23.2 Å². The molecule has 0 aromatic carbocycles. The molecule has 7 heteroatoms. The van der Waals surface area contributed by atoms with Crippen LogP contribution in [0.5, 0.6) is 0 Å². The highest BCUT2D eigenvalue weighted by Crippen LogP contribution is 2.18. The fourth-order valence-electron chi connectivity index (χ4n) is 3.49. The van der Waals surface area contributed by atoms with Crippen molar-refractivity contribution in [2.75, 3.05) is 31.1 Å². The van der Waals surface area contributed by atoms with Crippen LogP contribution >= 0.6 is 0 Å². The van der Waals surface area contributed by atoms with Crippen LogP contribution in [-0.2, 0) is 13.5 Å². The highest BCUT2D eigenvalue weighted by molar-refractivity contribution is 5.80. The fourth-order valence-corrected chi connectivity index (χ4v) is 3.49. The lowest BCUT2D eigenvalue weighted by molar-refractivity contribution is 0.468. The number of hydrogen-bond donors (Lipinski definition) is 2. The van der Waals surface area contributed by atoms with Gasteiger partial charge in [-0.15, -0.1) is 0 Å². The van der Waals surface area contributed by atoms with Gasteiger partial charge in [-0.3, -0.25) is 14.7 Å². The van der Waals surface area contributed by atoms with Crippen molar-refractivity contribution in [3.63, 3.8) is 0 Å². The number of nitrogens with one attached hydrogen (secondary N) is 2. The summed E-state index contributed by atoms with van der Waals surface area (Å²) < 4.78 is 1.86. The van der Waals surface area contributed by atoms with E-state index in [2.05, 4.69) is 51.7 Å². The van der Waals surface area contributed by atoms with E-state index in [1.54, 1.807) is 0 Å². The predicted octanol–water partition coefficient (Wildman–Crippen LogP) is 1.89. The number of nitrogens with zero attached hydrogens (tertiary/aromatic N) is 5. The molecule has 27 heavy (non-hydrogen) atoms. The quantitative estimate of drug-likeness (QED) is 0.601. The zero-order chi connectivity index (χ0) is 19.1. The van der Waals surface area contributed by atoms with Gasteiger partial charge in [0.15, 0.2) is 5.96 Å². The third-order valence-electron chi connectivity index (χ3n) is 4.95. The maximum Gasteiger partial charge on any atom is 0.191 e. The normalized spacial score (nSPS) is 17.8. The van der Waals surface area contributed by atoms with Crippen LogP contribution in [0.15, 0.2) is 35.8 Å². The van der Waals surface area contributed by atoms with Crippen LogP contribution in [0.4, 0.5) is 5.69 Å². The molecular weight excluding hydrogens is 338 g/mol. The van der Waals surface area contributed by atoms with E-state index in [9.17, 15) is 0 Å². The molecule has 7 nitrogen and oxygen atoms in total. The second-order valence-electron chi connectivity index (χ2n) is 7.11. The first-order valence-corrected chi connectivity index (χ1v) is 9.83. The molecule has 0 aliphatic carbocycles. The Bertz CT molecular complexity index is 752. The number of aryl methyl sites for hydroxylation is 2. The van der Waals surface area contributed by atoms with Gasteiger partial charge in [0.05, 0.1) is 11.9 Å². The van der Waals surface area contributed by atoms with E-state index >= 15 is 0 Å². The zero-order valence-electron chi connectivity index (χ0n) is 16.6. The molecular formula is C20H31N7. The third kappa shape index (κ3) is 5.45. The molecule has 0 saturated carbocycles. The van der Waals surface area contributed by atoms with Crippen LogP contribution in [0.2, 0.25) is 0 Å². The highest BCUT2D eigenvalue weighted by atomic mass is 15.3. The lowest BCUT2D eigenvalue weighted by atomic mass is 10.1. The Hall–Kier alpha value is -2.57. The molecule has 2 aromatic heterocycles. The fraction of sp³-hybridized carbons (Fsp3) is 0.550. The third-order valence-corrected chi connectivity index (χ3v) is 4.95. The summed E-state index contributed by atoms with van der Waals surface area (Å²) in [5.74, 6) is 0.905. The topological polar surface area (TPSA) is 70.4 Å². The second-order valence-corrected chi connectivity index (χ2v) is 7.11. The molecule has 1 aliphatic rings. The number of anilines is 1. The summed E-state index contributed by atoms with van der Waals surface area (Å²) in [6, 6.07) is 2.47. The Morgan fingerprint density at radius 2 is 2.26 bits per heavy atom. The molecule has 3 rings (SSSR count). The van der Waals surface area contributed by atoms with Crippen molar-refractivity contribution in [1.29, 1.82) is 0 Å². The zero-order valence-corrected chi connectivity index (χ0v) is 16.6. The van der Waals surface area contributed by atoms with Gasteiger partial charge in [0, 0.05) is 57.9 Å². The van der Waals surface area contributed by atoms with Crippen molar-refractivity contribution in [3.05, 3.63) is 42.0 Å². The lowest BCUT2D eigenvalue weighted by Gasteiger charge is -2.34. The first kappa shape index (κ1) is 19.2. The highest BCUT2D eigenvalue weighted by Gasteiger charge is 2.21. The smallest absolute Gasteiger partial charge is 0.191 e. The largest absolute Gasteiger partial charge is 0.367 e. The van der Waals surface area contributed by atoms with Crippen molar-refractivity contribution in [2.45, 2.75) is 39.2 Å². The number of piperidine rings is 1. The molecule has 0 bridgehead atoms. The van der Waals surface area contributed by atoms with Crippen molar-refractivity contribution in [2.24, 2.45) is 12.0 Å².